The van der Waals surface area contributed by atoms with Crippen LogP contribution in [0.2, 0.25) is 15.2 Å². The number of benzene rings is 3. The lowest BCUT2D eigenvalue weighted by molar-refractivity contribution is -0.138. The molecule has 3 aromatic carbocycles. The molecule has 0 unspecified atom stereocenters. The first-order chi connectivity index (χ1) is 23.0. The Bertz CT molecular complexity index is 2280. The van der Waals surface area contributed by atoms with E-state index in [1.807, 2.05) is 0 Å². The third kappa shape index (κ3) is 6.34. The van der Waals surface area contributed by atoms with Gasteiger partial charge >= 0.3 is 12.4 Å². The Hall–Kier alpha value is -4.57. The number of hydrogen-bond donors (Lipinski definition) is 4. The molecule has 4 N–H and O–H groups in total. The van der Waals surface area contributed by atoms with Gasteiger partial charge < -0.3 is 20.2 Å². The lowest BCUT2D eigenvalue weighted by Gasteiger charge is -2.15. The first-order valence-electron chi connectivity index (χ1n) is 13.5. The molecule has 0 saturated heterocycles. The molecule has 0 fully saturated rings. The van der Waals surface area contributed by atoms with Crippen LogP contribution in [0.15, 0.2) is 76.9 Å². The van der Waals surface area contributed by atoms with E-state index in [-0.39, 0.29) is 31.1 Å². The number of H-pyrrole nitrogens is 2. The second-order valence-corrected chi connectivity index (χ2v) is 12.4. The lowest BCUT2D eigenvalue weighted by Crippen LogP contribution is -2.14. The van der Waals surface area contributed by atoms with Gasteiger partial charge in [0, 0.05) is 0 Å². The molecule has 252 valence electrons. The predicted molar refractivity (Wildman–Crippen MR) is 168 cm³/mol. The van der Waals surface area contributed by atoms with E-state index < -0.39 is 69.1 Å². The molecule has 0 aliphatic rings. The van der Waals surface area contributed by atoms with Crippen molar-refractivity contribution in [3.05, 3.63) is 116 Å². The zero-order valence-electron chi connectivity index (χ0n) is 23.8. The predicted octanol–water partition coefficient (Wildman–Crippen LogP) is 9.70. The highest BCUT2D eigenvalue weighted by molar-refractivity contribution is 7.99. The van der Waals surface area contributed by atoms with Crippen LogP contribution in [0.25, 0.3) is 16.7 Å². The summed E-state index contributed by atoms with van der Waals surface area (Å²) in [5, 5.41) is 20.2. The normalized spacial score (nSPS) is 12.2. The number of phenolic OH excluding ortho intramolecular Hbond substituents is 2. The molecule has 6 aromatic rings. The summed E-state index contributed by atoms with van der Waals surface area (Å²) in [6.07, 6.45) is -9.68. The summed E-state index contributed by atoms with van der Waals surface area (Å²) in [4.78, 5) is 37.8. The number of para-hydroxylation sites is 2. The second-order valence-electron chi connectivity index (χ2n) is 10.3. The summed E-state index contributed by atoms with van der Waals surface area (Å²) in [6.45, 7) is 0. The molecule has 3 aromatic heterocycles. The van der Waals surface area contributed by atoms with Crippen molar-refractivity contribution in [1.82, 2.24) is 19.5 Å². The zero-order valence-corrected chi connectivity index (χ0v) is 26.9. The number of aromatic amines is 2. The molecule has 8 nitrogen and oxygen atoms in total. The zero-order chi connectivity index (χ0) is 35.6. The monoisotopic (exact) mass is 758 g/mol. The largest absolute Gasteiger partial charge is 0.507 e. The standard InChI is InChI=1S/C31H15Cl3F6N4O4S/c32-16-11-19(25(47)14-7-5-12(9-20(14)45)30(35,36)37)44(28(16)49-29-41-17-3-1-2-4-18(17)42-29)24-22(33)27(34)43-23(24)26(48)15-8-6-13(10-21(15)46)31(38,39)40/h1-11,43,45-46H,(H,41,42). The van der Waals surface area contributed by atoms with Gasteiger partial charge in [-0.05, 0) is 66.4 Å². The van der Waals surface area contributed by atoms with Gasteiger partial charge in [-0.2, -0.15) is 26.3 Å². The SMILES string of the molecule is O=C(c1ccc(C(F)(F)F)cc1O)c1[nH]c(Cl)c(Cl)c1-n1c(C(=O)c2ccc(C(F)(F)F)cc2O)cc(Cl)c1Sc1nc2ccccc2[nH]1. The molecular weight excluding hydrogens is 745 g/mol. The van der Waals surface area contributed by atoms with Crippen LogP contribution in [0.5, 0.6) is 11.5 Å². The van der Waals surface area contributed by atoms with Crippen LogP contribution < -0.4 is 0 Å². The van der Waals surface area contributed by atoms with Gasteiger partial charge in [0.15, 0.2) is 5.16 Å². The van der Waals surface area contributed by atoms with Crippen molar-refractivity contribution in [2.24, 2.45) is 0 Å². The molecule has 18 heteroatoms. The number of imidazole rings is 1. The number of fused-ring (bicyclic) bond motifs is 1. The summed E-state index contributed by atoms with van der Waals surface area (Å²) in [7, 11) is 0. The smallest absolute Gasteiger partial charge is 0.416 e. The summed E-state index contributed by atoms with van der Waals surface area (Å²) in [5.41, 5.74) is -3.83. The molecule has 0 amide bonds. The van der Waals surface area contributed by atoms with Gasteiger partial charge in [0.25, 0.3) is 0 Å². The Kier molecular flexibility index (Phi) is 8.67. The highest BCUT2D eigenvalue weighted by Gasteiger charge is 2.36. The molecule has 0 aliphatic heterocycles. The Morgan fingerprint density at radius 1 is 0.776 bits per heavy atom. The molecule has 3 heterocycles. The van der Waals surface area contributed by atoms with Crippen LogP contribution in [0, 0.1) is 0 Å². The van der Waals surface area contributed by atoms with E-state index in [0.29, 0.717) is 35.3 Å². The Labute approximate surface area is 289 Å². The molecule has 49 heavy (non-hydrogen) atoms. The lowest BCUT2D eigenvalue weighted by atomic mass is 10.0. The molecule has 0 radical (unpaired) electrons. The Morgan fingerprint density at radius 2 is 1.35 bits per heavy atom. The molecule has 0 atom stereocenters. The third-order valence-corrected chi connectivity index (χ3v) is 9.30. The number of halogens is 9. The second kappa shape index (κ2) is 12.4. The number of nitrogens with zero attached hydrogens (tertiary/aromatic N) is 2. The number of aromatic hydroxyl groups is 2. The van der Waals surface area contributed by atoms with Gasteiger partial charge in [-0.25, -0.2) is 4.98 Å². The fourth-order valence-corrected chi connectivity index (χ4v) is 6.54. The van der Waals surface area contributed by atoms with Crippen LogP contribution in [-0.2, 0) is 12.4 Å². The number of alkyl halides is 6. The first-order valence-corrected chi connectivity index (χ1v) is 15.4. The van der Waals surface area contributed by atoms with Crippen molar-refractivity contribution < 1.29 is 46.1 Å². The van der Waals surface area contributed by atoms with E-state index in [1.165, 1.54) is 0 Å². The summed E-state index contributed by atoms with van der Waals surface area (Å²) >= 11 is 20.3. The number of ketones is 2. The molecule has 0 saturated carbocycles. The van der Waals surface area contributed by atoms with E-state index >= 15 is 0 Å². The van der Waals surface area contributed by atoms with Crippen molar-refractivity contribution in [1.29, 1.82) is 0 Å². The minimum atomic E-state index is -4.84. The average molecular weight is 760 g/mol. The number of rotatable bonds is 7. The number of carbonyl (C=O) groups is 2. The quantitative estimate of drug-likeness (QED) is 0.0950. The van der Waals surface area contributed by atoms with E-state index in [0.717, 1.165) is 34.5 Å². The summed E-state index contributed by atoms with van der Waals surface area (Å²) < 4.78 is 80.7. The number of aromatic nitrogens is 4. The van der Waals surface area contributed by atoms with Crippen LogP contribution in [-0.4, -0.2) is 41.3 Å². The third-order valence-electron chi connectivity index (χ3n) is 7.17. The van der Waals surface area contributed by atoms with E-state index in [9.17, 15) is 46.1 Å². The summed E-state index contributed by atoms with van der Waals surface area (Å²) in [6, 6.07) is 11.3. The van der Waals surface area contributed by atoms with Crippen molar-refractivity contribution in [3.63, 3.8) is 0 Å². The van der Waals surface area contributed by atoms with Crippen molar-refractivity contribution >= 4 is 69.2 Å². The average Bonchev–Trinajstić information content (AvgIpc) is 3.68. The molecular formula is C31H15Cl3F6N4O4S. The number of phenols is 2. The molecule has 6 rings (SSSR count). The highest BCUT2D eigenvalue weighted by Crippen LogP contribution is 2.44. The van der Waals surface area contributed by atoms with Crippen LogP contribution in [0.3, 0.4) is 0 Å². The van der Waals surface area contributed by atoms with Crippen molar-refractivity contribution in [2.45, 2.75) is 22.5 Å². The van der Waals surface area contributed by atoms with E-state index in [2.05, 4.69) is 15.0 Å². The molecule has 0 spiro atoms. The minimum Gasteiger partial charge on any atom is -0.507 e. The number of hydrogen-bond acceptors (Lipinski definition) is 6. The minimum absolute atomic E-state index is 0.0290. The van der Waals surface area contributed by atoms with Gasteiger partial charge in [0.2, 0.25) is 11.6 Å². The Morgan fingerprint density at radius 3 is 1.90 bits per heavy atom. The number of nitrogens with one attached hydrogen (secondary N) is 2. The van der Waals surface area contributed by atoms with E-state index in [4.69, 9.17) is 34.8 Å². The van der Waals surface area contributed by atoms with Crippen LogP contribution >= 0.6 is 46.6 Å². The van der Waals surface area contributed by atoms with Crippen molar-refractivity contribution in [2.75, 3.05) is 0 Å². The summed E-state index contributed by atoms with van der Waals surface area (Å²) in [5.74, 6) is -4.26. The van der Waals surface area contributed by atoms with Crippen LogP contribution in [0.1, 0.15) is 43.2 Å². The molecule has 0 bridgehead atoms. The molecule has 0 aliphatic carbocycles. The van der Waals surface area contributed by atoms with Gasteiger partial charge in [0.05, 0.1) is 49.7 Å². The van der Waals surface area contributed by atoms with Gasteiger partial charge in [-0.15, -0.1) is 0 Å². The fourth-order valence-electron chi connectivity index (χ4n) is 4.90. The van der Waals surface area contributed by atoms with Crippen LogP contribution in [0.4, 0.5) is 26.3 Å². The van der Waals surface area contributed by atoms with Gasteiger partial charge in [0.1, 0.15) is 32.4 Å². The van der Waals surface area contributed by atoms with Gasteiger partial charge in [-0.3, -0.25) is 14.2 Å². The van der Waals surface area contributed by atoms with Gasteiger partial charge in [-0.1, -0.05) is 46.9 Å². The maximum Gasteiger partial charge on any atom is 0.416 e. The Balaban J connectivity index is 1.56. The van der Waals surface area contributed by atoms with E-state index in [1.54, 1.807) is 24.3 Å². The maximum atomic E-state index is 14.0. The van der Waals surface area contributed by atoms with Crippen molar-refractivity contribution in [3.8, 4) is 17.2 Å². The fraction of sp³-hybridized carbons (Fsp3) is 0.0645. The highest BCUT2D eigenvalue weighted by atomic mass is 35.5. The topological polar surface area (TPSA) is 124 Å². The first kappa shape index (κ1) is 34.3. The maximum absolute atomic E-state index is 14.0. The number of carbonyl (C=O) groups excluding carboxylic acids is 2.